The standard InChI is InChI=1S/C14H29N3/c15-7-3-1-2-4-8-16-9-11-17(12-10-16)13-14-5-6-14/h14H,1-13,15H2. The van der Waals surface area contributed by atoms with Crippen LogP contribution in [0.4, 0.5) is 0 Å². The normalized spacial score (nSPS) is 23.1. The predicted octanol–water partition coefficient (Wildman–Crippen LogP) is 1.53. The van der Waals surface area contributed by atoms with Crippen LogP contribution in [0.5, 0.6) is 0 Å². The Morgan fingerprint density at radius 1 is 0.824 bits per heavy atom. The van der Waals surface area contributed by atoms with E-state index < -0.39 is 0 Å². The fourth-order valence-electron chi connectivity index (χ4n) is 2.69. The van der Waals surface area contributed by atoms with Crippen molar-refractivity contribution in [2.45, 2.75) is 38.5 Å². The van der Waals surface area contributed by atoms with Crippen LogP contribution < -0.4 is 5.73 Å². The van der Waals surface area contributed by atoms with Gasteiger partial charge in [0.05, 0.1) is 0 Å². The van der Waals surface area contributed by atoms with Crippen molar-refractivity contribution >= 4 is 0 Å². The summed E-state index contributed by atoms with van der Waals surface area (Å²) in [5.74, 6) is 1.05. The average molecular weight is 239 g/mol. The molecule has 0 unspecified atom stereocenters. The van der Waals surface area contributed by atoms with Crippen molar-refractivity contribution in [3.05, 3.63) is 0 Å². The summed E-state index contributed by atoms with van der Waals surface area (Å²) in [6.45, 7) is 8.75. The number of piperazine rings is 1. The van der Waals surface area contributed by atoms with Gasteiger partial charge in [-0.15, -0.1) is 0 Å². The van der Waals surface area contributed by atoms with Crippen molar-refractivity contribution in [2.24, 2.45) is 11.7 Å². The molecule has 2 rings (SSSR count). The minimum absolute atomic E-state index is 0.861. The zero-order valence-corrected chi connectivity index (χ0v) is 11.2. The van der Waals surface area contributed by atoms with Crippen LogP contribution in [0.2, 0.25) is 0 Å². The van der Waals surface area contributed by atoms with Crippen molar-refractivity contribution in [2.75, 3.05) is 45.8 Å². The minimum atomic E-state index is 0.861. The highest BCUT2D eigenvalue weighted by molar-refractivity contribution is 4.80. The first-order valence-corrected chi connectivity index (χ1v) is 7.53. The SMILES string of the molecule is NCCCCCCN1CCN(CC2CC2)CC1. The van der Waals surface area contributed by atoms with E-state index in [4.69, 9.17) is 5.73 Å². The molecule has 0 aromatic rings. The third-order valence-corrected chi connectivity index (χ3v) is 4.11. The first-order valence-electron chi connectivity index (χ1n) is 7.53. The molecule has 0 amide bonds. The van der Waals surface area contributed by atoms with E-state index in [-0.39, 0.29) is 0 Å². The number of unbranched alkanes of at least 4 members (excludes halogenated alkanes) is 3. The van der Waals surface area contributed by atoms with Gasteiger partial charge in [0.2, 0.25) is 0 Å². The molecule has 17 heavy (non-hydrogen) atoms. The van der Waals surface area contributed by atoms with Gasteiger partial charge in [-0.2, -0.15) is 0 Å². The van der Waals surface area contributed by atoms with E-state index in [0.717, 1.165) is 12.5 Å². The van der Waals surface area contributed by atoms with Gasteiger partial charge in [-0.1, -0.05) is 12.8 Å². The molecule has 100 valence electrons. The zero-order chi connectivity index (χ0) is 11.9. The number of hydrogen-bond donors (Lipinski definition) is 1. The van der Waals surface area contributed by atoms with Gasteiger partial charge < -0.3 is 15.5 Å². The molecule has 1 saturated heterocycles. The largest absolute Gasteiger partial charge is 0.330 e. The van der Waals surface area contributed by atoms with Crippen LogP contribution in [0.15, 0.2) is 0 Å². The summed E-state index contributed by atoms with van der Waals surface area (Å²) < 4.78 is 0. The quantitative estimate of drug-likeness (QED) is 0.652. The van der Waals surface area contributed by atoms with E-state index in [1.807, 2.05) is 0 Å². The van der Waals surface area contributed by atoms with Crippen molar-refractivity contribution in [1.29, 1.82) is 0 Å². The maximum atomic E-state index is 5.50. The summed E-state index contributed by atoms with van der Waals surface area (Å²) >= 11 is 0. The van der Waals surface area contributed by atoms with Crippen molar-refractivity contribution in [3.63, 3.8) is 0 Å². The Morgan fingerprint density at radius 3 is 2.12 bits per heavy atom. The summed E-state index contributed by atoms with van der Waals surface area (Å²) in [4.78, 5) is 5.31. The highest BCUT2D eigenvalue weighted by Gasteiger charge is 2.26. The highest BCUT2D eigenvalue weighted by Crippen LogP contribution is 2.29. The van der Waals surface area contributed by atoms with Gasteiger partial charge in [-0.3, -0.25) is 0 Å². The first-order chi connectivity index (χ1) is 8.38. The number of nitrogens with zero attached hydrogens (tertiary/aromatic N) is 2. The van der Waals surface area contributed by atoms with Crippen LogP contribution in [0, 0.1) is 5.92 Å². The second-order valence-corrected chi connectivity index (χ2v) is 5.79. The monoisotopic (exact) mass is 239 g/mol. The molecule has 0 spiro atoms. The Hall–Kier alpha value is -0.120. The molecule has 1 aliphatic carbocycles. The molecule has 1 aliphatic heterocycles. The summed E-state index contributed by atoms with van der Waals surface area (Å²) in [6.07, 6.45) is 8.22. The average Bonchev–Trinajstić information content (AvgIpc) is 3.15. The molecule has 2 fully saturated rings. The van der Waals surface area contributed by atoms with Crippen LogP contribution >= 0.6 is 0 Å². The van der Waals surface area contributed by atoms with E-state index >= 15 is 0 Å². The van der Waals surface area contributed by atoms with Gasteiger partial charge in [0.15, 0.2) is 0 Å². The molecule has 1 heterocycles. The third kappa shape index (κ3) is 5.36. The van der Waals surface area contributed by atoms with Crippen LogP contribution in [-0.4, -0.2) is 55.6 Å². The van der Waals surface area contributed by atoms with Crippen molar-refractivity contribution in [3.8, 4) is 0 Å². The molecule has 2 N–H and O–H groups in total. The molecule has 2 aliphatic rings. The van der Waals surface area contributed by atoms with Crippen molar-refractivity contribution in [1.82, 2.24) is 9.80 Å². The minimum Gasteiger partial charge on any atom is -0.330 e. The van der Waals surface area contributed by atoms with Gasteiger partial charge in [-0.05, 0) is 44.7 Å². The van der Waals surface area contributed by atoms with E-state index in [1.54, 1.807) is 0 Å². The fourth-order valence-corrected chi connectivity index (χ4v) is 2.69. The molecule has 0 aromatic heterocycles. The Morgan fingerprint density at radius 2 is 1.47 bits per heavy atom. The second kappa shape index (κ2) is 7.34. The summed E-state index contributed by atoms with van der Waals surface area (Å²) in [5.41, 5.74) is 5.50. The molecule has 1 saturated carbocycles. The smallest absolute Gasteiger partial charge is 0.0110 e. The molecule has 0 atom stereocenters. The lowest BCUT2D eigenvalue weighted by molar-refractivity contribution is 0.127. The van der Waals surface area contributed by atoms with Crippen LogP contribution in [0.1, 0.15) is 38.5 Å². The van der Waals surface area contributed by atoms with Gasteiger partial charge >= 0.3 is 0 Å². The Labute approximate surface area is 106 Å². The summed E-state index contributed by atoms with van der Waals surface area (Å²) in [6, 6.07) is 0. The van der Waals surface area contributed by atoms with E-state index in [9.17, 15) is 0 Å². The Balaban J connectivity index is 1.46. The van der Waals surface area contributed by atoms with Gasteiger partial charge in [0.25, 0.3) is 0 Å². The fraction of sp³-hybridized carbons (Fsp3) is 1.00. The molecule has 3 nitrogen and oxygen atoms in total. The number of hydrogen-bond acceptors (Lipinski definition) is 3. The molecule has 0 bridgehead atoms. The lowest BCUT2D eigenvalue weighted by Crippen LogP contribution is -2.47. The molecule has 3 heteroatoms. The molecular formula is C14H29N3. The maximum Gasteiger partial charge on any atom is 0.0110 e. The van der Waals surface area contributed by atoms with Crippen LogP contribution in [0.3, 0.4) is 0 Å². The summed E-state index contributed by atoms with van der Waals surface area (Å²) in [7, 11) is 0. The van der Waals surface area contributed by atoms with E-state index in [0.29, 0.717) is 0 Å². The number of rotatable bonds is 8. The predicted molar refractivity (Wildman–Crippen MR) is 73.1 cm³/mol. The van der Waals surface area contributed by atoms with Gasteiger partial charge in [-0.25, -0.2) is 0 Å². The second-order valence-electron chi connectivity index (χ2n) is 5.79. The Bertz CT molecular complexity index is 196. The maximum absolute atomic E-state index is 5.50. The van der Waals surface area contributed by atoms with E-state index in [1.165, 1.54) is 77.8 Å². The van der Waals surface area contributed by atoms with Crippen LogP contribution in [-0.2, 0) is 0 Å². The molecule has 0 radical (unpaired) electrons. The first kappa shape index (κ1) is 13.3. The number of nitrogens with two attached hydrogens (primary N) is 1. The van der Waals surface area contributed by atoms with E-state index in [2.05, 4.69) is 9.80 Å². The molecule has 0 aromatic carbocycles. The van der Waals surface area contributed by atoms with Gasteiger partial charge in [0, 0.05) is 32.7 Å². The van der Waals surface area contributed by atoms with Crippen molar-refractivity contribution < 1.29 is 0 Å². The van der Waals surface area contributed by atoms with Crippen LogP contribution in [0.25, 0.3) is 0 Å². The lowest BCUT2D eigenvalue weighted by Gasteiger charge is -2.34. The highest BCUT2D eigenvalue weighted by atomic mass is 15.3. The molecular weight excluding hydrogens is 210 g/mol. The topological polar surface area (TPSA) is 32.5 Å². The third-order valence-electron chi connectivity index (χ3n) is 4.11. The zero-order valence-electron chi connectivity index (χ0n) is 11.2. The Kier molecular flexibility index (Phi) is 5.75. The summed E-state index contributed by atoms with van der Waals surface area (Å²) in [5, 5.41) is 0. The lowest BCUT2D eigenvalue weighted by atomic mass is 10.2. The van der Waals surface area contributed by atoms with Gasteiger partial charge in [0.1, 0.15) is 0 Å².